The highest BCUT2D eigenvalue weighted by Gasteiger charge is 2.45. The van der Waals surface area contributed by atoms with Gasteiger partial charge in [-0.25, -0.2) is 4.98 Å². The van der Waals surface area contributed by atoms with Crippen molar-refractivity contribution in [3.63, 3.8) is 0 Å². The van der Waals surface area contributed by atoms with Gasteiger partial charge in [-0.05, 0) is 0 Å². The van der Waals surface area contributed by atoms with Crippen LogP contribution >= 0.6 is 0 Å². The molecular formula is C11H15N5O6. The molecule has 1 aliphatic rings. The molecule has 0 bridgehead atoms. The fourth-order valence-corrected chi connectivity index (χ4v) is 2.18. The van der Waals surface area contributed by atoms with Crippen molar-refractivity contribution in [2.75, 3.05) is 12.3 Å². The quantitative estimate of drug-likeness (QED) is 0.344. The number of H-pyrrole nitrogens is 1. The van der Waals surface area contributed by atoms with Crippen LogP contribution < -0.4 is 10.5 Å². The standard InChI is InChI=1S/C11H15N5O6/c12-11-15-8-4(13-2-14-8)9(16-11)22-10-7(20)6(19)5(18)3(1-17)21-10/h2-3,5-7,10,17-20H,1H2,(H3,12,13,14,15,16)/t3-,5+,6+,7-,10?/m1/s1. The Kier molecular flexibility index (Phi) is 3.80. The van der Waals surface area contributed by atoms with Gasteiger partial charge in [-0.3, -0.25) is 0 Å². The largest absolute Gasteiger partial charge is 0.443 e. The van der Waals surface area contributed by atoms with Crippen LogP contribution in [0, 0.1) is 0 Å². The van der Waals surface area contributed by atoms with E-state index in [4.69, 9.17) is 20.3 Å². The molecule has 1 aliphatic heterocycles. The Morgan fingerprint density at radius 2 is 2.00 bits per heavy atom. The van der Waals surface area contributed by atoms with Crippen LogP contribution in [0.15, 0.2) is 6.33 Å². The number of nitrogens with two attached hydrogens (primary N) is 1. The maximum Gasteiger partial charge on any atom is 0.247 e. The average Bonchev–Trinajstić information content (AvgIpc) is 2.96. The normalized spacial score (nSPS) is 32.3. The predicted molar refractivity (Wildman–Crippen MR) is 70.5 cm³/mol. The minimum atomic E-state index is -1.55. The second-order valence-corrected chi connectivity index (χ2v) is 4.80. The molecule has 22 heavy (non-hydrogen) atoms. The first kappa shape index (κ1) is 14.9. The lowest BCUT2D eigenvalue weighted by atomic mass is 9.99. The van der Waals surface area contributed by atoms with Gasteiger partial charge in [-0.15, -0.1) is 0 Å². The zero-order valence-corrected chi connectivity index (χ0v) is 11.2. The summed E-state index contributed by atoms with van der Waals surface area (Å²) in [5.74, 6) is -0.136. The molecule has 3 rings (SSSR count). The van der Waals surface area contributed by atoms with Crippen molar-refractivity contribution < 1.29 is 29.9 Å². The van der Waals surface area contributed by atoms with Crippen molar-refractivity contribution in [1.82, 2.24) is 19.9 Å². The van der Waals surface area contributed by atoms with E-state index in [2.05, 4.69) is 19.9 Å². The van der Waals surface area contributed by atoms with Gasteiger partial charge < -0.3 is 40.6 Å². The third-order valence-electron chi connectivity index (χ3n) is 3.35. The molecule has 0 saturated carbocycles. The highest BCUT2D eigenvalue weighted by Crippen LogP contribution is 2.26. The van der Waals surface area contributed by atoms with Crippen LogP contribution in [0.3, 0.4) is 0 Å². The Bertz CT molecular complexity index is 663. The summed E-state index contributed by atoms with van der Waals surface area (Å²) in [7, 11) is 0. The molecule has 120 valence electrons. The average molecular weight is 313 g/mol. The van der Waals surface area contributed by atoms with E-state index in [-0.39, 0.29) is 17.5 Å². The maximum atomic E-state index is 9.93. The minimum Gasteiger partial charge on any atom is -0.443 e. The maximum absolute atomic E-state index is 9.93. The number of nitrogen functional groups attached to an aromatic ring is 1. The number of aromatic nitrogens is 4. The predicted octanol–water partition coefficient (Wildman–Crippen LogP) is -2.89. The molecule has 1 fully saturated rings. The summed E-state index contributed by atoms with van der Waals surface area (Å²) >= 11 is 0. The third kappa shape index (κ3) is 2.44. The lowest BCUT2D eigenvalue weighted by molar-refractivity contribution is -0.277. The molecule has 0 spiro atoms. The number of ether oxygens (including phenoxy) is 2. The van der Waals surface area contributed by atoms with Gasteiger partial charge in [0.05, 0.1) is 12.9 Å². The summed E-state index contributed by atoms with van der Waals surface area (Å²) in [5.41, 5.74) is 6.12. The highest BCUT2D eigenvalue weighted by molar-refractivity contribution is 5.76. The SMILES string of the molecule is Nc1nc(OC2O[C@H](CO)[C@H](O)[C@H](O)[C@H]2O)c2[nH]cnc2n1. The molecule has 5 atom stereocenters. The molecule has 0 aliphatic carbocycles. The van der Waals surface area contributed by atoms with Crippen LogP contribution in [0.25, 0.3) is 11.2 Å². The molecule has 2 aromatic rings. The molecular weight excluding hydrogens is 298 g/mol. The number of aliphatic hydroxyl groups is 4. The van der Waals surface area contributed by atoms with Crippen LogP contribution in [0.1, 0.15) is 0 Å². The first-order valence-electron chi connectivity index (χ1n) is 6.45. The number of aromatic amines is 1. The zero-order chi connectivity index (χ0) is 15.9. The van der Waals surface area contributed by atoms with Crippen LogP contribution in [0.4, 0.5) is 5.95 Å². The number of aliphatic hydroxyl groups excluding tert-OH is 4. The van der Waals surface area contributed by atoms with Crippen molar-refractivity contribution in [3.8, 4) is 5.88 Å². The molecule has 0 radical (unpaired) electrons. The third-order valence-corrected chi connectivity index (χ3v) is 3.35. The van der Waals surface area contributed by atoms with E-state index in [1.807, 2.05) is 0 Å². The molecule has 3 heterocycles. The Morgan fingerprint density at radius 3 is 2.73 bits per heavy atom. The Labute approximate surface area is 123 Å². The zero-order valence-electron chi connectivity index (χ0n) is 11.2. The number of nitrogens with zero attached hydrogens (tertiary/aromatic N) is 3. The summed E-state index contributed by atoms with van der Waals surface area (Å²) < 4.78 is 10.6. The topological polar surface area (TPSA) is 180 Å². The molecule has 2 aromatic heterocycles. The fourth-order valence-electron chi connectivity index (χ4n) is 2.18. The van der Waals surface area contributed by atoms with E-state index >= 15 is 0 Å². The Hall–Kier alpha value is -2.05. The first-order chi connectivity index (χ1) is 10.5. The van der Waals surface area contributed by atoms with E-state index in [1.165, 1.54) is 6.33 Å². The van der Waals surface area contributed by atoms with Crippen molar-refractivity contribution in [1.29, 1.82) is 0 Å². The van der Waals surface area contributed by atoms with E-state index in [1.54, 1.807) is 0 Å². The fraction of sp³-hybridized carbons (Fsp3) is 0.545. The van der Waals surface area contributed by atoms with E-state index in [0.29, 0.717) is 5.52 Å². The van der Waals surface area contributed by atoms with Gasteiger partial charge in [0.15, 0.2) is 5.65 Å². The number of hydrogen-bond acceptors (Lipinski definition) is 10. The number of nitrogens with one attached hydrogen (secondary N) is 1. The summed E-state index contributed by atoms with van der Waals surface area (Å²) in [6.45, 7) is -0.559. The van der Waals surface area contributed by atoms with E-state index < -0.39 is 37.3 Å². The van der Waals surface area contributed by atoms with Crippen molar-refractivity contribution >= 4 is 17.1 Å². The van der Waals surface area contributed by atoms with Crippen LogP contribution in [-0.2, 0) is 4.74 Å². The van der Waals surface area contributed by atoms with Crippen molar-refractivity contribution in [3.05, 3.63) is 6.33 Å². The summed E-state index contributed by atoms with van der Waals surface area (Å²) in [4.78, 5) is 14.4. The number of hydrogen-bond donors (Lipinski definition) is 6. The second-order valence-electron chi connectivity index (χ2n) is 4.80. The van der Waals surface area contributed by atoms with Gasteiger partial charge in [0.2, 0.25) is 18.1 Å². The summed E-state index contributed by atoms with van der Waals surface area (Å²) in [6.07, 6.45) is -5.66. The van der Waals surface area contributed by atoms with E-state index in [0.717, 1.165) is 0 Å². The second kappa shape index (κ2) is 5.62. The number of imidazole rings is 1. The number of anilines is 1. The summed E-state index contributed by atoms with van der Waals surface area (Å²) in [6, 6.07) is 0. The van der Waals surface area contributed by atoms with Gasteiger partial charge in [0, 0.05) is 0 Å². The van der Waals surface area contributed by atoms with Gasteiger partial charge in [-0.1, -0.05) is 0 Å². The number of fused-ring (bicyclic) bond motifs is 1. The van der Waals surface area contributed by atoms with Crippen molar-refractivity contribution in [2.45, 2.75) is 30.7 Å². The van der Waals surface area contributed by atoms with Gasteiger partial charge in [0.1, 0.15) is 29.9 Å². The number of rotatable bonds is 3. The minimum absolute atomic E-state index is 0.0377. The molecule has 1 unspecified atom stereocenters. The Morgan fingerprint density at radius 1 is 1.23 bits per heavy atom. The molecule has 0 amide bonds. The lowest BCUT2D eigenvalue weighted by Crippen LogP contribution is -2.60. The summed E-state index contributed by atoms with van der Waals surface area (Å²) in [5, 5.41) is 38.5. The molecule has 11 heteroatoms. The molecule has 11 nitrogen and oxygen atoms in total. The molecule has 1 saturated heterocycles. The monoisotopic (exact) mass is 313 g/mol. The van der Waals surface area contributed by atoms with Crippen LogP contribution in [0.5, 0.6) is 5.88 Å². The first-order valence-corrected chi connectivity index (χ1v) is 6.45. The van der Waals surface area contributed by atoms with Crippen LogP contribution in [-0.4, -0.2) is 77.7 Å². The van der Waals surface area contributed by atoms with E-state index in [9.17, 15) is 15.3 Å². The molecule has 0 aromatic carbocycles. The Balaban J connectivity index is 1.89. The highest BCUT2D eigenvalue weighted by atomic mass is 16.7. The smallest absolute Gasteiger partial charge is 0.247 e. The lowest BCUT2D eigenvalue weighted by Gasteiger charge is -2.39. The van der Waals surface area contributed by atoms with Crippen LogP contribution in [0.2, 0.25) is 0 Å². The van der Waals surface area contributed by atoms with Gasteiger partial charge in [0.25, 0.3) is 0 Å². The molecule has 7 N–H and O–H groups in total. The van der Waals surface area contributed by atoms with Crippen molar-refractivity contribution in [2.24, 2.45) is 0 Å². The van der Waals surface area contributed by atoms with Gasteiger partial charge in [-0.2, -0.15) is 9.97 Å². The van der Waals surface area contributed by atoms with Gasteiger partial charge >= 0.3 is 0 Å².